The van der Waals surface area contributed by atoms with Crippen molar-refractivity contribution in [2.45, 2.75) is 36.3 Å². The van der Waals surface area contributed by atoms with Crippen LogP contribution < -0.4 is 0 Å². The minimum atomic E-state index is -1.11. The van der Waals surface area contributed by atoms with E-state index in [-0.39, 0.29) is 0 Å². The molecular weight excluding hydrogens is 208 g/mol. The maximum atomic E-state index is 10.9. The number of rotatable bonds is 1. The van der Waals surface area contributed by atoms with Gasteiger partial charge < -0.3 is 14.6 Å². The first-order valence-electron chi connectivity index (χ1n) is 4.77. The molecule has 2 aliphatic rings. The van der Waals surface area contributed by atoms with Crippen LogP contribution in [0.3, 0.4) is 0 Å². The molecule has 1 spiro atoms. The zero-order valence-electron chi connectivity index (χ0n) is 7.79. The number of carboxylic acid groups (broad SMARTS) is 1. The van der Waals surface area contributed by atoms with E-state index in [2.05, 4.69) is 0 Å². The third kappa shape index (κ3) is 1.62. The Hall–Kier alpha value is -0.320. The molecule has 5 heteroatoms. The molecule has 14 heavy (non-hydrogen) atoms. The SMILES string of the molecule is O=C(O)C1(Cl)CCC2(CC1)OCCO2. The average Bonchev–Trinajstić information content (AvgIpc) is 2.60. The molecule has 1 aliphatic carbocycles. The molecule has 1 aliphatic heterocycles. The quantitative estimate of drug-likeness (QED) is 0.678. The first-order chi connectivity index (χ1) is 6.56. The van der Waals surface area contributed by atoms with Crippen LogP contribution in [0.2, 0.25) is 0 Å². The van der Waals surface area contributed by atoms with Gasteiger partial charge in [-0.15, -0.1) is 11.6 Å². The predicted octanol–water partition coefficient (Wildman–Crippen LogP) is 1.37. The van der Waals surface area contributed by atoms with Crippen molar-refractivity contribution in [2.75, 3.05) is 13.2 Å². The number of hydrogen-bond acceptors (Lipinski definition) is 3. The molecule has 0 unspecified atom stereocenters. The van der Waals surface area contributed by atoms with E-state index in [1.165, 1.54) is 0 Å². The Morgan fingerprint density at radius 1 is 1.14 bits per heavy atom. The number of aliphatic carboxylic acids is 1. The Kier molecular flexibility index (Phi) is 2.45. The van der Waals surface area contributed by atoms with Gasteiger partial charge in [-0.1, -0.05) is 0 Å². The fraction of sp³-hybridized carbons (Fsp3) is 0.889. The molecule has 0 atom stereocenters. The van der Waals surface area contributed by atoms with Crippen molar-refractivity contribution in [3.8, 4) is 0 Å². The van der Waals surface area contributed by atoms with Crippen LogP contribution >= 0.6 is 11.6 Å². The lowest BCUT2D eigenvalue weighted by atomic mass is 9.84. The van der Waals surface area contributed by atoms with Gasteiger partial charge in [0.25, 0.3) is 0 Å². The minimum absolute atomic E-state index is 0.407. The highest BCUT2D eigenvalue weighted by Crippen LogP contribution is 2.43. The molecular formula is C9H13ClO4. The standard InChI is InChI=1S/C9H13ClO4/c10-8(7(11)12)1-3-9(4-2-8)13-5-6-14-9/h1-6H2,(H,11,12). The molecule has 0 aromatic rings. The second-order valence-electron chi connectivity index (χ2n) is 3.88. The summed E-state index contributed by atoms with van der Waals surface area (Å²) in [6, 6.07) is 0. The maximum Gasteiger partial charge on any atom is 0.324 e. The lowest BCUT2D eigenvalue weighted by Crippen LogP contribution is -2.44. The van der Waals surface area contributed by atoms with Gasteiger partial charge in [-0.25, -0.2) is 0 Å². The summed E-state index contributed by atoms with van der Waals surface area (Å²) in [6.07, 6.45) is 1.96. The summed E-state index contributed by atoms with van der Waals surface area (Å²) in [5.41, 5.74) is 0. The molecule has 0 aromatic heterocycles. The minimum Gasteiger partial charge on any atom is -0.480 e. The first kappa shape index (κ1) is 10.2. The van der Waals surface area contributed by atoms with Crippen LogP contribution in [0, 0.1) is 0 Å². The molecule has 4 nitrogen and oxygen atoms in total. The Balaban J connectivity index is 2.01. The summed E-state index contributed by atoms with van der Waals surface area (Å²) in [6.45, 7) is 1.20. The molecule has 1 saturated carbocycles. The topological polar surface area (TPSA) is 55.8 Å². The number of ether oxygens (including phenoxy) is 2. The fourth-order valence-electron chi connectivity index (χ4n) is 2.03. The number of carbonyl (C=O) groups is 1. The zero-order chi connectivity index (χ0) is 10.2. The van der Waals surface area contributed by atoms with E-state index in [4.69, 9.17) is 26.2 Å². The van der Waals surface area contributed by atoms with E-state index in [1.807, 2.05) is 0 Å². The summed E-state index contributed by atoms with van der Waals surface area (Å²) in [7, 11) is 0. The van der Waals surface area contributed by atoms with E-state index in [0.29, 0.717) is 38.9 Å². The van der Waals surface area contributed by atoms with Gasteiger partial charge in [0.05, 0.1) is 13.2 Å². The highest BCUT2D eigenvalue weighted by atomic mass is 35.5. The Bertz CT molecular complexity index is 237. The molecule has 0 aromatic carbocycles. The van der Waals surface area contributed by atoms with Crippen molar-refractivity contribution in [1.29, 1.82) is 0 Å². The van der Waals surface area contributed by atoms with Crippen molar-refractivity contribution in [3.05, 3.63) is 0 Å². The lowest BCUT2D eigenvalue weighted by Gasteiger charge is -2.37. The van der Waals surface area contributed by atoms with Crippen LogP contribution in [0.5, 0.6) is 0 Å². The molecule has 1 heterocycles. The molecule has 0 amide bonds. The van der Waals surface area contributed by atoms with Crippen LogP contribution in [0.25, 0.3) is 0 Å². The summed E-state index contributed by atoms with van der Waals surface area (Å²) >= 11 is 5.96. The smallest absolute Gasteiger partial charge is 0.324 e. The first-order valence-corrected chi connectivity index (χ1v) is 5.14. The summed E-state index contributed by atoms with van der Waals surface area (Å²) in [5, 5.41) is 8.92. The Morgan fingerprint density at radius 3 is 2.07 bits per heavy atom. The lowest BCUT2D eigenvalue weighted by molar-refractivity contribution is -0.184. The normalized spacial score (nSPS) is 29.2. The maximum absolute atomic E-state index is 10.9. The average molecular weight is 221 g/mol. The van der Waals surface area contributed by atoms with Crippen molar-refractivity contribution < 1.29 is 19.4 Å². The van der Waals surface area contributed by atoms with E-state index in [0.717, 1.165) is 0 Å². The van der Waals surface area contributed by atoms with Crippen molar-refractivity contribution in [3.63, 3.8) is 0 Å². The van der Waals surface area contributed by atoms with Crippen LogP contribution in [0.4, 0.5) is 0 Å². The number of alkyl halides is 1. The van der Waals surface area contributed by atoms with Crippen LogP contribution in [-0.4, -0.2) is 35.0 Å². The molecule has 2 fully saturated rings. The molecule has 1 saturated heterocycles. The van der Waals surface area contributed by atoms with Gasteiger partial charge in [-0.05, 0) is 12.8 Å². The van der Waals surface area contributed by atoms with Crippen molar-refractivity contribution in [1.82, 2.24) is 0 Å². The molecule has 1 N–H and O–H groups in total. The number of carboxylic acids is 1. The van der Waals surface area contributed by atoms with Crippen LogP contribution in [0.15, 0.2) is 0 Å². The van der Waals surface area contributed by atoms with Crippen LogP contribution in [0.1, 0.15) is 25.7 Å². The predicted molar refractivity (Wildman–Crippen MR) is 49.3 cm³/mol. The van der Waals surface area contributed by atoms with Gasteiger partial charge in [-0.2, -0.15) is 0 Å². The summed E-state index contributed by atoms with van der Waals surface area (Å²) < 4.78 is 11.0. The summed E-state index contributed by atoms with van der Waals surface area (Å²) in [4.78, 5) is 9.76. The van der Waals surface area contributed by atoms with E-state index >= 15 is 0 Å². The van der Waals surface area contributed by atoms with Gasteiger partial charge in [0.15, 0.2) is 5.79 Å². The van der Waals surface area contributed by atoms with Gasteiger partial charge in [0.2, 0.25) is 0 Å². The summed E-state index contributed by atoms with van der Waals surface area (Å²) in [5.74, 6) is -1.47. The van der Waals surface area contributed by atoms with Gasteiger partial charge in [0, 0.05) is 12.8 Å². The second kappa shape index (κ2) is 3.36. The van der Waals surface area contributed by atoms with Gasteiger partial charge >= 0.3 is 5.97 Å². The monoisotopic (exact) mass is 220 g/mol. The molecule has 80 valence electrons. The van der Waals surface area contributed by atoms with Crippen molar-refractivity contribution >= 4 is 17.6 Å². The molecule has 0 radical (unpaired) electrons. The molecule has 2 rings (SSSR count). The molecule has 0 bridgehead atoms. The largest absolute Gasteiger partial charge is 0.480 e. The third-order valence-corrected chi connectivity index (χ3v) is 3.54. The Morgan fingerprint density at radius 2 is 1.64 bits per heavy atom. The zero-order valence-corrected chi connectivity index (χ0v) is 8.55. The number of hydrogen-bond donors (Lipinski definition) is 1. The second-order valence-corrected chi connectivity index (χ2v) is 4.60. The van der Waals surface area contributed by atoms with Gasteiger partial charge in [0.1, 0.15) is 4.87 Å². The van der Waals surface area contributed by atoms with E-state index in [9.17, 15) is 4.79 Å². The Labute approximate surface area is 87.1 Å². The van der Waals surface area contributed by atoms with E-state index in [1.54, 1.807) is 0 Å². The highest BCUT2D eigenvalue weighted by molar-refractivity contribution is 6.33. The highest BCUT2D eigenvalue weighted by Gasteiger charge is 2.48. The third-order valence-electron chi connectivity index (χ3n) is 3.00. The fourth-order valence-corrected chi connectivity index (χ4v) is 2.22. The van der Waals surface area contributed by atoms with Crippen molar-refractivity contribution in [2.24, 2.45) is 0 Å². The number of halogens is 1. The van der Waals surface area contributed by atoms with Crippen LogP contribution in [-0.2, 0) is 14.3 Å². The van der Waals surface area contributed by atoms with E-state index < -0.39 is 16.6 Å². The van der Waals surface area contributed by atoms with Gasteiger partial charge in [-0.3, -0.25) is 4.79 Å².